The lowest BCUT2D eigenvalue weighted by Gasteiger charge is -2.08. The maximum atomic E-state index is 11.7. The number of rotatable bonds is 4. The highest BCUT2D eigenvalue weighted by molar-refractivity contribution is 5.55. The first-order valence-electron chi connectivity index (χ1n) is 5.48. The lowest BCUT2D eigenvalue weighted by Crippen LogP contribution is -2.23. The lowest BCUT2D eigenvalue weighted by atomic mass is 10.1. The van der Waals surface area contributed by atoms with Gasteiger partial charge in [0, 0.05) is 37.1 Å². The number of benzene rings is 1. The van der Waals surface area contributed by atoms with Crippen LogP contribution in [0.15, 0.2) is 35.4 Å². The number of anilines is 1. The molecule has 0 atom stereocenters. The average molecular weight is 263 g/mol. The Labute approximate surface area is 108 Å². The van der Waals surface area contributed by atoms with Gasteiger partial charge in [-0.3, -0.25) is 20.5 Å². The summed E-state index contributed by atoms with van der Waals surface area (Å²) in [4.78, 5) is 22.0. The Balaban J connectivity index is 2.43. The van der Waals surface area contributed by atoms with Crippen molar-refractivity contribution in [2.75, 3.05) is 5.43 Å². The van der Waals surface area contributed by atoms with E-state index in [4.69, 9.17) is 5.84 Å². The van der Waals surface area contributed by atoms with Crippen LogP contribution in [0.1, 0.15) is 5.56 Å². The van der Waals surface area contributed by atoms with E-state index in [1.165, 1.54) is 27.3 Å². The molecule has 8 heteroatoms. The summed E-state index contributed by atoms with van der Waals surface area (Å²) in [6.07, 6.45) is 3.23. The molecule has 19 heavy (non-hydrogen) atoms. The second kappa shape index (κ2) is 4.94. The minimum absolute atomic E-state index is 0.0435. The number of nitrogens with zero attached hydrogens (tertiary/aromatic N) is 3. The topological polar surface area (TPSA) is 108 Å². The van der Waals surface area contributed by atoms with Crippen molar-refractivity contribution in [3.63, 3.8) is 0 Å². The zero-order chi connectivity index (χ0) is 14.0. The normalized spacial score (nSPS) is 10.4. The summed E-state index contributed by atoms with van der Waals surface area (Å²) in [6.45, 7) is 0.209. The maximum absolute atomic E-state index is 11.7. The Kier molecular flexibility index (Phi) is 3.34. The highest BCUT2D eigenvalue weighted by Crippen LogP contribution is 2.21. The molecule has 0 spiro atoms. The van der Waals surface area contributed by atoms with Gasteiger partial charge in [-0.25, -0.2) is 4.79 Å². The molecule has 0 saturated carbocycles. The molecule has 0 fully saturated rings. The minimum atomic E-state index is -0.489. The lowest BCUT2D eigenvalue weighted by molar-refractivity contribution is -0.384. The van der Waals surface area contributed by atoms with Crippen LogP contribution in [0.5, 0.6) is 0 Å². The third-order valence-electron chi connectivity index (χ3n) is 2.81. The summed E-state index contributed by atoms with van der Waals surface area (Å²) in [5, 5.41) is 10.8. The van der Waals surface area contributed by atoms with Crippen molar-refractivity contribution in [2.45, 2.75) is 6.54 Å². The third-order valence-corrected chi connectivity index (χ3v) is 2.81. The number of nitrogens with two attached hydrogens (primary N) is 1. The number of hydrogen-bond donors (Lipinski definition) is 2. The summed E-state index contributed by atoms with van der Waals surface area (Å²) < 4.78 is 2.87. The van der Waals surface area contributed by atoms with Crippen LogP contribution < -0.4 is 17.0 Å². The molecule has 3 N–H and O–H groups in total. The zero-order valence-electron chi connectivity index (χ0n) is 10.2. The third kappa shape index (κ3) is 2.47. The largest absolute Gasteiger partial charge is 0.328 e. The fraction of sp³-hybridized carbons (Fsp3) is 0.182. The number of aromatic nitrogens is 2. The van der Waals surface area contributed by atoms with Crippen LogP contribution in [-0.2, 0) is 13.6 Å². The number of aryl methyl sites for hydroxylation is 1. The van der Waals surface area contributed by atoms with Crippen molar-refractivity contribution < 1.29 is 4.92 Å². The predicted octanol–water partition coefficient (Wildman–Crippen LogP) is 0.429. The van der Waals surface area contributed by atoms with Crippen molar-refractivity contribution >= 4 is 11.4 Å². The van der Waals surface area contributed by atoms with Gasteiger partial charge in [-0.15, -0.1) is 0 Å². The summed E-state index contributed by atoms with van der Waals surface area (Å²) in [6, 6.07) is 4.27. The molecule has 0 aliphatic rings. The van der Waals surface area contributed by atoms with Gasteiger partial charge in [0.25, 0.3) is 5.69 Å². The molecule has 2 aromatic rings. The number of nitrogens with one attached hydrogen (secondary N) is 1. The van der Waals surface area contributed by atoms with Gasteiger partial charge in [-0.1, -0.05) is 0 Å². The van der Waals surface area contributed by atoms with E-state index in [2.05, 4.69) is 5.43 Å². The second-order valence-corrected chi connectivity index (χ2v) is 4.06. The van der Waals surface area contributed by atoms with Gasteiger partial charge >= 0.3 is 5.69 Å². The smallest absolute Gasteiger partial charge is 0.324 e. The fourth-order valence-corrected chi connectivity index (χ4v) is 1.78. The molecule has 0 saturated heterocycles. The number of imidazole rings is 1. The molecule has 0 aliphatic carbocycles. The van der Waals surface area contributed by atoms with E-state index in [9.17, 15) is 14.9 Å². The van der Waals surface area contributed by atoms with Crippen molar-refractivity contribution in [3.8, 4) is 0 Å². The molecule has 0 bridgehead atoms. The first kappa shape index (κ1) is 12.8. The SMILES string of the molecule is Cn1ccn(Cc2cc([N+](=O)[O-])ccc2NN)c1=O. The molecule has 0 aliphatic heterocycles. The molecule has 0 unspecified atom stereocenters. The summed E-state index contributed by atoms with van der Waals surface area (Å²) in [7, 11) is 1.63. The number of non-ortho nitro benzene ring substituents is 1. The van der Waals surface area contributed by atoms with Gasteiger partial charge in [0.15, 0.2) is 0 Å². The van der Waals surface area contributed by atoms with E-state index in [-0.39, 0.29) is 17.9 Å². The quantitative estimate of drug-likeness (QED) is 0.472. The van der Waals surface area contributed by atoms with Gasteiger partial charge in [0.1, 0.15) is 0 Å². The first-order chi connectivity index (χ1) is 9.02. The standard InChI is InChI=1S/C11H13N5O3/c1-14-4-5-15(11(14)17)7-8-6-9(16(18)19)2-3-10(8)13-12/h2-6,13H,7,12H2,1H3. The van der Waals surface area contributed by atoms with Gasteiger partial charge in [-0.2, -0.15) is 0 Å². The number of nitro groups is 1. The Morgan fingerprint density at radius 1 is 1.42 bits per heavy atom. The van der Waals surface area contributed by atoms with E-state index in [1.54, 1.807) is 19.4 Å². The predicted molar refractivity (Wildman–Crippen MR) is 69.7 cm³/mol. The molecule has 1 heterocycles. The molecule has 1 aromatic heterocycles. The zero-order valence-corrected chi connectivity index (χ0v) is 10.2. The molecule has 2 rings (SSSR count). The summed E-state index contributed by atoms with van der Waals surface area (Å²) in [5.41, 5.74) is 3.34. The molecular weight excluding hydrogens is 250 g/mol. The van der Waals surface area contributed by atoms with E-state index < -0.39 is 4.92 Å². The Morgan fingerprint density at radius 3 is 2.68 bits per heavy atom. The Morgan fingerprint density at radius 2 is 2.16 bits per heavy atom. The van der Waals surface area contributed by atoms with Gasteiger partial charge < -0.3 is 9.99 Å². The molecule has 1 aromatic carbocycles. The van der Waals surface area contributed by atoms with E-state index in [0.717, 1.165) is 0 Å². The van der Waals surface area contributed by atoms with Crippen LogP contribution in [0.25, 0.3) is 0 Å². The number of hydrazine groups is 1. The first-order valence-corrected chi connectivity index (χ1v) is 5.48. The number of nitro benzene ring substituents is 1. The van der Waals surface area contributed by atoms with Gasteiger partial charge in [-0.05, 0) is 6.07 Å². The Hall–Kier alpha value is -2.61. The second-order valence-electron chi connectivity index (χ2n) is 4.06. The van der Waals surface area contributed by atoms with Gasteiger partial charge in [0.05, 0.1) is 17.2 Å². The van der Waals surface area contributed by atoms with Crippen LogP contribution in [0, 0.1) is 10.1 Å². The molecule has 8 nitrogen and oxygen atoms in total. The van der Waals surface area contributed by atoms with E-state index in [0.29, 0.717) is 11.3 Å². The molecule has 0 radical (unpaired) electrons. The van der Waals surface area contributed by atoms with E-state index >= 15 is 0 Å². The van der Waals surface area contributed by atoms with Crippen LogP contribution >= 0.6 is 0 Å². The van der Waals surface area contributed by atoms with Crippen LogP contribution in [0.3, 0.4) is 0 Å². The van der Waals surface area contributed by atoms with Crippen LogP contribution in [-0.4, -0.2) is 14.1 Å². The van der Waals surface area contributed by atoms with Gasteiger partial charge in [0.2, 0.25) is 0 Å². The van der Waals surface area contributed by atoms with Crippen molar-refractivity contribution in [2.24, 2.45) is 12.9 Å². The molecule has 0 amide bonds. The highest BCUT2D eigenvalue weighted by Gasteiger charge is 2.11. The fourth-order valence-electron chi connectivity index (χ4n) is 1.78. The monoisotopic (exact) mass is 263 g/mol. The van der Waals surface area contributed by atoms with Crippen molar-refractivity contribution in [1.82, 2.24) is 9.13 Å². The minimum Gasteiger partial charge on any atom is -0.324 e. The average Bonchev–Trinajstić information content (AvgIpc) is 2.70. The summed E-state index contributed by atoms with van der Waals surface area (Å²) >= 11 is 0. The highest BCUT2D eigenvalue weighted by atomic mass is 16.6. The number of nitrogen functional groups attached to an aromatic ring is 1. The van der Waals surface area contributed by atoms with E-state index in [1.807, 2.05) is 0 Å². The van der Waals surface area contributed by atoms with Crippen LogP contribution in [0.4, 0.5) is 11.4 Å². The maximum Gasteiger partial charge on any atom is 0.328 e. The summed E-state index contributed by atoms with van der Waals surface area (Å²) in [5.74, 6) is 5.36. The van der Waals surface area contributed by atoms with Crippen LogP contribution in [0.2, 0.25) is 0 Å². The van der Waals surface area contributed by atoms with Crippen molar-refractivity contribution in [1.29, 1.82) is 0 Å². The van der Waals surface area contributed by atoms with Crippen molar-refractivity contribution in [3.05, 3.63) is 56.8 Å². The molecule has 100 valence electrons. The number of hydrogen-bond acceptors (Lipinski definition) is 5. The molecular formula is C11H13N5O3. The Bertz CT molecular complexity index is 673.